The van der Waals surface area contributed by atoms with Crippen molar-refractivity contribution in [1.29, 1.82) is 0 Å². The molecule has 0 saturated heterocycles. The maximum Gasteiger partial charge on any atom is 0.159 e. The minimum absolute atomic E-state index is 0.0177. The van der Waals surface area contributed by atoms with Crippen molar-refractivity contribution in [2.24, 2.45) is 0 Å². The lowest BCUT2D eigenvalue weighted by Gasteiger charge is -2.19. The molecule has 0 unspecified atom stereocenters. The molecule has 0 N–H and O–H groups in total. The summed E-state index contributed by atoms with van der Waals surface area (Å²) in [5.41, 5.74) is -0.367. The van der Waals surface area contributed by atoms with Crippen LogP contribution in [0, 0.1) is 40.7 Å². The molecule has 0 aliphatic heterocycles. The molecule has 0 aliphatic rings. The van der Waals surface area contributed by atoms with Crippen LogP contribution in [0.4, 0.5) is 30.7 Å². The highest BCUT2D eigenvalue weighted by Gasteiger charge is 2.24. The van der Waals surface area contributed by atoms with Crippen molar-refractivity contribution >= 4 is 21.5 Å². The Kier molecular flexibility index (Phi) is 4.85. The van der Waals surface area contributed by atoms with Gasteiger partial charge in [-0.3, -0.25) is 0 Å². The zero-order valence-corrected chi connectivity index (χ0v) is 16.5. The number of halogens is 7. The number of benzene rings is 5. The minimum atomic E-state index is -1.26. The lowest BCUT2D eigenvalue weighted by Crippen LogP contribution is -1.98. The minimum Gasteiger partial charge on any atom is -0.206 e. The van der Waals surface area contributed by atoms with Gasteiger partial charge in [-0.05, 0) is 59.0 Å². The topological polar surface area (TPSA) is 0 Å². The Hall–Kier alpha value is -3.87. The molecule has 0 aromatic heterocycles. The average molecular weight is 456 g/mol. The van der Waals surface area contributed by atoms with Crippen molar-refractivity contribution < 1.29 is 30.7 Å². The molecule has 0 amide bonds. The Morgan fingerprint density at radius 2 is 0.818 bits per heavy atom. The van der Waals surface area contributed by atoms with Crippen molar-refractivity contribution in [2.45, 2.75) is 0 Å². The zero-order chi connectivity index (χ0) is 23.4. The second kappa shape index (κ2) is 7.62. The van der Waals surface area contributed by atoms with Crippen molar-refractivity contribution in [3.8, 4) is 22.3 Å². The summed E-state index contributed by atoms with van der Waals surface area (Å²) in [6.07, 6.45) is 0. The fourth-order valence-corrected chi connectivity index (χ4v) is 4.18. The van der Waals surface area contributed by atoms with Crippen molar-refractivity contribution in [3.63, 3.8) is 0 Å². The molecule has 0 fully saturated rings. The lowest BCUT2D eigenvalue weighted by molar-refractivity contribution is 0.509. The lowest BCUT2D eigenvalue weighted by atomic mass is 9.85. The third-order valence-electron chi connectivity index (χ3n) is 5.55. The van der Waals surface area contributed by atoms with E-state index in [1.807, 2.05) is 0 Å². The van der Waals surface area contributed by atoms with Gasteiger partial charge in [-0.1, -0.05) is 24.3 Å². The molecule has 0 nitrogen and oxygen atoms in total. The molecule has 7 heteroatoms. The Labute approximate surface area is 182 Å². The van der Waals surface area contributed by atoms with Crippen molar-refractivity contribution in [3.05, 3.63) is 107 Å². The summed E-state index contributed by atoms with van der Waals surface area (Å²) in [4.78, 5) is 0. The highest BCUT2D eigenvalue weighted by atomic mass is 19.2. The fourth-order valence-electron chi connectivity index (χ4n) is 4.18. The highest BCUT2D eigenvalue weighted by Crippen LogP contribution is 2.46. The van der Waals surface area contributed by atoms with Crippen LogP contribution in [-0.2, 0) is 0 Å². The van der Waals surface area contributed by atoms with Gasteiger partial charge in [0.15, 0.2) is 23.3 Å². The molecule has 5 rings (SSSR count). The summed E-state index contributed by atoms with van der Waals surface area (Å²) in [5, 5.41) is -0.893. The van der Waals surface area contributed by atoms with E-state index in [-0.39, 0.29) is 38.4 Å². The third kappa shape index (κ3) is 3.23. The first-order valence-corrected chi connectivity index (χ1v) is 9.70. The molecule has 0 aliphatic carbocycles. The maximum absolute atomic E-state index is 15.2. The van der Waals surface area contributed by atoms with Gasteiger partial charge in [0, 0.05) is 27.3 Å². The molecular formula is C26H11F7. The molecule has 164 valence electrons. The Morgan fingerprint density at radius 3 is 1.36 bits per heavy atom. The van der Waals surface area contributed by atoms with Gasteiger partial charge in [0.2, 0.25) is 0 Å². The second-order valence-corrected chi connectivity index (χ2v) is 7.45. The van der Waals surface area contributed by atoms with E-state index in [2.05, 4.69) is 0 Å². The van der Waals surface area contributed by atoms with Gasteiger partial charge >= 0.3 is 0 Å². The molecule has 0 atom stereocenters. The summed E-state index contributed by atoms with van der Waals surface area (Å²) in [6.45, 7) is 0. The van der Waals surface area contributed by atoms with E-state index in [1.54, 1.807) is 0 Å². The summed E-state index contributed by atoms with van der Waals surface area (Å²) >= 11 is 0. The number of hydrogen-bond donors (Lipinski definition) is 0. The van der Waals surface area contributed by atoms with E-state index in [0.29, 0.717) is 0 Å². The van der Waals surface area contributed by atoms with E-state index in [9.17, 15) is 17.6 Å². The Bertz CT molecular complexity index is 1590. The van der Waals surface area contributed by atoms with Gasteiger partial charge in [-0.2, -0.15) is 0 Å². The quantitative estimate of drug-likeness (QED) is 0.185. The first-order chi connectivity index (χ1) is 15.8. The third-order valence-corrected chi connectivity index (χ3v) is 5.55. The van der Waals surface area contributed by atoms with Gasteiger partial charge in [-0.25, -0.2) is 30.7 Å². The monoisotopic (exact) mass is 456 g/mol. The average Bonchev–Trinajstić information content (AvgIpc) is 2.79. The standard InChI is InChI=1S/C26H11F7/c27-15-6-4-12(10-20(15)32)22-14-2-1-3-17(29)24(14)23(13-5-7-16(28)21(33)11-13)26-19(31)9-8-18(30)25(22)26/h1-11H. The second-order valence-electron chi connectivity index (χ2n) is 7.45. The predicted octanol–water partition coefficient (Wildman–Crippen LogP) is 8.30. The number of rotatable bonds is 2. The first kappa shape index (κ1) is 21.0. The molecule has 0 spiro atoms. The maximum atomic E-state index is 15.2. The van der Waals surface area contributed by atoms with Crippen molar-refractivity contribution in [1.82, 2.24) is 0 Å². The fraction of sp³-hybridized carbons (Fsp3) is 0. The van der Waals surface area contributed by atoms with Gasteiger partial charge in [0.25, 0.3) is 0 Å². The predicted molar refractivity (Wildman–Crippen MR) is 112 cm³/mol. The van der Waals surface area contributed by atoms with Crippen LogP contribution in [0.25, 0.3) is 43.8 Å². The van der Waals surface area contributed by atoms with Crippen LogP contribution in [0.15, 0.2) is 66.7 Å². The van der Waals surface area contributed by atoms with E-state index < -0.39 is 46.1 Å². The molecule has 0 bridgehead atoms. The zero-order valence-electron chi connectivity index (χ0n) is 16.5. The Morgan fingerprint density at radius 1 is 0.364 bits per heavy atom. The summed E-state index contributed by atoms with van der Waals surface area (Å²) < 4.78 is 101. The van der Waals surface area contributed by atoms with E-state index >= 15 is 13.2 Å². The number of hydrogen-bond acceptors (Lipinski definition) is 0. The van der Waals surface area contributed by atoms with Crippen LogP contribution in [0.1, 0.15) is 0 Å². The van der Waals surface area contributed by atoms with E-state index in [0.717, 1.165) is 48.5 Å². The summed E-state index contributed by atoms with van der Waals surface area (Å²) in [7, 11) is 0. The van der Waals surface area contributed by atoms with Crippen LogP contribution >= 0.6 is 0 Å². The van der Waals surface area contributed by atoms with Gasteiger partial charge < -0.3 is 0 Å². The molecule has 0 radical (unpaired) electrons. The largest absolute Gasteiger partial charge is 0.206 e. The van der Waals surface area contributed by atoms with Crippen LogP contribution in [0.2, 0.25) is 0 Å². The molecule has 5 aromatic rings. The van der Waals surface area contributed by atoms with Crippen molar-refractivity contribution in [2.75, 3.05) is 0 Å². The molecule has 33 heavy (non-hydrogen) atoms. The normalized spacial score (nSPS) is 11.5. The Balaban J connectivity index is 2.08. The molecule has 0 heterocycles. The van der Waals surface area contributed by atoms with Crippen LogP contribution < -0.4 is 0 Å². The summed E-state index contributed by atoms with van der Waals surface area (Å²) in [6, 6.07) is 10.9. The van der Waals surface area contributed by atoms with Gasteiger partial charge in [0.05, 0.1) is 0 Å². The SMILES string of the molecule is Fc1ccc(-c2c3cccc(F)c3c(-c3ccc(F)c(F)c3)c3c(F)ccc(F)c23)cc1F. The van der Waals surface area contributed by atoms with E-state index in [4.69, 9.17) is 0 Å². The molecular weight excluding hydrogens is 445 g/mol. The molecule has 5 aromatic carbocycles. The van der Waals surface area contributed by atoms with Crippen LogP contribution in [0.5, 0.6) is 0 Å². The number of fused-ring (bicyclic) bond motifs is 2. The smallest absolute Gasteiger partial charge is 0.159 e. The van der Waals surface area contributed by atoms with E-state index in [1.165, 1.54) is 18.2 Å². The highest BCUT2D eigenvalue weighted by molar-refractivity contribution is 6.21. The van der Waals surface area contributed by atoms with Gasteiger partial charge in [-0.15, -0.1) is 0 Å². The van der Waals surface area contributed by atoms with Crippen LogP contribution in [-0.4, -0.2) is 0 Å². The molecule has 0 saturated carbocycles. The summed E-state index contributed by atoms with van der Waals surface area (Å²) in [5.74, 6) is -7.53. The van der Waals surface area contributed by atoms with Crippen LogP contribution in [0.3, 0.4) is 0 Å². The first-order valence-electron chi connectivity index (χ1n) is 9.70. The van der Waals surface area contributed by atoms with Gasteiger partial charge in [0.1, 0.15) is 17.5 Å².